The number of nitrogens with two attached hydrogens (primary N) is 2. The minimum Gasteiger partial charge on any atom is -0.394 e. The number of alkyl halides is 2. The lowest BCUT2D eigenvalue weighted by Gasteiger charge is -2.29. The van der Waals surface area contributed by atoms with Crippen LogP contribution in [0.15, 0.2) is 23.8 Å². The van der Waals surface area contributed by atoms with Gasteiger partial charge in [-0.25, -0.2) is 28.7 Å². The van der Waals surface area contributed by atoms with Crippen molar-refractivity contribution in [1.29, 1.82) is 0 Å². The minimum absolute atomic E-state index is 0.0621. The smallest absolute Gasteiger partial charge is 0.280 e. The number of imidazole rings is 2. The molecule has 2 fully saturated rings. The van der Waals surface area contributed by atoms with E-state index in [1.165, 1.54) is 10.9 Å². The average Bonchev–Trinajstić information content (AvgIpc) is 3.68. The first-order valence-electron chi connectivity index (χ1n) is 12.0. The van der Waals surface area contributed by atoms with Gasteiger partial charge in [0.1, 0.15) is 42.0 Å². The molecule has 0 radical (unpaired) electrons. The third-order valence-corrected chi connectivity index (χ3v) is 9.81. The maximum Gasteiger partial charge on any atom is 0.280 e. The number of aliphatic hydroxyl groups excluding tert-OH is 2. The van der Waals surface area contributed by atoms with Crippen LogP contribution in [0.1, 0.15) is 12.5 Å². The molecule has 6 rings (SSSR count). The third-order valence-electron chi connectivity index (χ3n) is 6.95. The van der Waals surface area contributed by atoms with Crippen LogP contribution in [0.4, 0.5) is 20.5 Å². The van der Waals surface area contributed by atoms with Gasteiger partial charge in [0, 0.05) is 0 Å². The molecule has 21 heteroatoms. The molecule has 41 heavy (non-hydrogen) atoms. The highest BCUT2D eigenvalue weighted by Gasteiger charge is 2.54. The summed E-state index contributed by atoms with van der Waals surface area (Å²) in [6.07, 6.45) is -7.81. The topological polar surface area (TPSA) is 248 Å². The van der Waals surface area contributed by atoms with Crippen LogP contribution in [0, 0.1) is 0 Å². The van der Waals surface area contributed by atoms with E-state index < -0.39 is 74.0 Å². The first-order chi connectivity index (χ1) is 19.5. The zero-order chi connectivity index (χ0) is 29.2. The van der Waals surface area contributed by atoms with Crippen LogP contribution in [0.3, 0.4) is 0 Å². The molecule has 2 aliphatic rings. The molecular formula is C20H23F2N10O7PS. The number of nitrogen functional groups attached to an aromatic ring is 2. The second kappa shape index (κ2) is 10.2. The molecule has 0 amide bonds. The van der Waals surface area contributed by atoms with Crippen molar-refractivity contribution in [3.05, 3.63) is 29.3 Å². The van der Waals surface area contributed by atoms with E-state index in [0.29, 0.717) is 0 Å². The molecule has 0 aliphatic carbocycles. The summed E-state index contributed by atoms with van der Waals surface area (Å²) in [5.74, 6) is -0.191. The first-order valence-corrected chi connectivity index (χ1v) is 14.8. The predicted molar refractivity (Wildman–Crippen MR) is 139 cm³/mol. The summed E-state index contributed by atoms with van der Waals surface area (Å²) >= 11 is 5.31. The molecule has 2 aliphatic heterocycles. The fourth-order valence-electron chi connectivity index (χ4n) is 4.94. The van der Waals surface area contributed by atoms with E-state index in [2.05, 4.69) is 29.9 Å². The number of rotatable bonds is 7. The van der Waals surface area contributed by atoms with Gasteiger partial charge in [-0.05, 0) is 11.8 Å². The average molecular weight is 617 g/mol. The summed E-state index contributed by atoms with van der Waals surface area (Å²) < 4.78 is 49.9. The molecule has 4 aromatic rings. The number of aromatic nitrogens is 8. The Morgan fingerprint density at radius 2 is 1.73 bits per heavy atom. The van der Waals surface area contributed by atoms with Crippen LogP contribution in [0.5, 0.6) is 0 Å². The molecule has 9 atom stereocenters. The zero-order valence-electron chi connectivity index (χ0n) is 20.6. The van der Waals surface area contributed by atoms with E-state index in [9.17, 15) is 19.9 Å². The second-order valence-corrected chi connectivity index (χ2v) is 13.0. The Morgan fingerprint density at radius 1 is 1.05 bits per heavy atom. The monoisotopic (exact) mass is 616 g/mol. The zero-order valence-corrected chi connectivity index (χ0v) is 22.3. The number of fused-ring (bicyclic) bond motifs is 2. The number of nitrogens with one attached hydrogen (secondary N) is 1. The second-order valence-electron chi connectivity index (χ2n) is 9.40. The van der Waals surface area contributed by atoms with Gasteiger partial charge in [0.2, 0.25) is 5.95 Å². The van der Waals surface area contributed by atoms with Gasteiger partial charge < -0.3 is 40.6 Å². The van der Waals surface area contributed by atoms with E-state index in [0.717, 1.165) is 17.2 Å². The van der Waals surface area contributed by atoms with Crippen molar-refractivity contribution in [2.24, 2.45) is 0 Å². The van der Waals surface area contributed by atoms with Gasteiger partial charge in [-0.15, -0.1) is 0 Å². The Hall–Kier alpha value is -3.23. The third kappa shape index (κ3) is 4.56. The molecule has 0 spiro atoms. The fourth-order valence-corrected chi connectivity index (χ4v) is 7.41. The number of halogens is 2. The minimum atomic E-state index is -4.21. The van der Waals surface area contributed by atoms with Crippen molar-refractivity contribution >= 4 is 52.4 Å². The molecule has 6 heterocycles. The number of hydrogen-bond acceptors (Lipinski definition) is 14. The van der Waals surface area contributed by atoms with Crippen molar-refractivity contribution in [2.45, 2.75) is 48.8 Å². The van der Waals surface area contributed by atoms with Gasteiger partial charge in [0.05, 0.1) is 25.9 Å². The quantitative estimate of drug-likeness (QED) is 0.131. The Balaban J connectivity index is 1.25. The largest absolute Gasteiger partial charge is 0.394 e. The van der Waals surface area contributed by atoms with Gasteiger partial charge >= 0.3 is 0 Å². The molecule has 220 valence electrons. The summed E-state index contributed by atoms with van der Waals surface area (Å²) in [5.41, 5.74) is 9.29. The fraction of sp³-hybridized carbons (Fsp3) is 0.500. The number of ether oxygens (including phenoxy) is 2. The predicted octanol–water partition coefficient (Wildman–Crippen LogP) is -1.36. The Bertz CT molecular complexity index is 1720. The van der Waals surface area contributed by atoms with Gasteiger partial charge in [-0.1, -0.05) is 0 Å². The summed E-state index contributed by atoms with van der Waals surface area (Å²) in [4.78, 5) is 45.6. The van der Waals surface area contributed by atoms with E-state index >= 15 is 8.78 Å². The Morgan fingerprint density at radius 3 is 2.46 bits per heavy atom. The number of aliphatic hydroxyl groups is 2. The van der Waals surface area contributed by atoms with Crippen LogP contribution in [-0.4, -0.2) is 104 Å². The molecule has 4 aromatic heterocycles. The Kier molecular flexibility index (Phi) is 6.97. The molecular weight excluding hydrogens is 593 g/mol. The maximum atomic E-state index is 15.5. The van der Waals surface area contributed by atoms with Crippen LogP contribution in [0.25, 0.3) is 22.3 Å². The summed E-state index contributed by atoms with van der Waals surface area (Å²) in [6, 6.07) is 0. The van der Waals surface area contributed by atoms with Crippen molar-refractivity contribution in [1.82, 2.24) is 39.0 Å². The first kappa shape index (κ1) is 27.9. The van der Waals surface area contributed by atoms with Gasteiger partial charge in [0.15, 0.2) is 47.7 Å². The molecule has 2 unspecified atom stereocenters. The van der Waals surface area contributed by atoms with Crippen LogP contribution >= 0.6 is 6.49 Å². The number of anilines is 2. The summed E-state index contributed by atoms with van der Waals surface area (Å²) in [6.45, 7) is -5.61. The van der Waals surface area contributed by atoms with Crippen LogP contribution in [-0.2, 0) is 25.8 Å². The van der Waals surface area contributed by atoms with E-state index in [-0.39, 0.29) is 34.1 Å². The number of aromatic amines is 1. The molecule has 0 bridgehead atoms. The van der Waals surface area contributed by atoms with E-state index in [1.807, 2.05) is 0 Å². The standard InChI is InChI=1S/C20H23F2N10O7PS/c21-8-6(1-33)38-19(32-5-28-11-16(32)29-20(24)30-17(11)35)13(8)40(36,41)37-2-7-12(34)9(22)18(39-7)31-4-27-10-14(23)25-3-26-15(10)31/h3-9,12-13,18-19,33-34H,1-2H2,(H,36,41)(H2,23,25,26)(H3,24,29,30,35)/t6?,7-,8-,9+,12-,13-,18-,19-,40?/m1/s1. The molecule has 17 nitrogen and oxygen atoms in total. The maximum absolute atomic E-state index is 15.5. The van der Waals surface area contributed by atoms with E-state index in [1.54, 1.807) is 0 Å². The number of nitrogens with zero attached hydrogens (tertiary/aromatic N) is 7. The summed E-state index contributed by atoms with van der Waals surface area (Å²) in [7, 11) is 0. The van der Waals surface area contributed by atoms with Crippen molar-refractivity contribution in [3.63, 3.8) is 0 Å². The number of hydrogen-bond donors (Lipinski definition) is 6. The van der Waals surface area contributed by atoms with E-state index in [4.69, 9.17) is 37.3 Å². The van der Waals surface area contributed by atoms with Crippen molar-refractivity contribution < 1.29 is 37.9 Å². The normalized spacial score (nSPS) is 31.7. The highest BCUT2D eigenvalue weighted by molar-refractivity contribution is 8.09. The molecule has 8 N–H and O–H groups in total. The van der Waals surface area contributed by atoms with Gasteiger partial charge in [0.25, 0.3) is 5.56 Å². The van der Waals surface area contributed by atoms with Crippen molar-refractivity contribution in [3.8, 4) is 0 Å². The van der Waals surface area contributed by atoms with Gasteiger partial charge in [-0.2, -0.15) is 4.98 Å². The highest BCUT2D eigenvalue weighted by atomic mass is 32.5. The number of H-pyrrole nitrogens is 1. The molecule has 0 saturated carbocycles. The molecule has 0 aromatic carbocycles. The van der Waals surface area contributed by atoms with Crippen molar-refractivity contribution in [2.75, 3.05) is 24.7 Å². The van der Waals surface area contributed by atoms with Gasteiger partial charge in [-0.3, -0.25) is 18.9 Å². The highest BCUT2D eigenvalue weighted by Crippen LogP contribution is 2.58. The molecule has 2 saturated heterocycles. The van der Waals surface area contributed by atoms with Crippen LogP contribution < -0.4 is 17.0 Å². The lowest BCUT2D eigenvalue weighted by atomic mass is 10.1. The van der Waals surface area contributed by atoms with Crippen LogP contribution in [0.2, 0.25) is 0 Å². The lowest BCUT2D eigenvalue weighted by molar-refractivity contribution is -0.0425. The summed E-state index contributed by atoms with van der Waals surface area (Å²) in [5, 5.41) is 20.2. The SMILES string of the molecule is Nc1nc2c(ncn2[C@@H]2OC(CO)[C@@H](F)[C@H]2P(O)(=S)OC[C@H]2O[C@@H](n3cnc4c(N)ncnc43)[C@@H](F)[C@@H]2O)c(=O)[nH]1. The Labute approximate surface area is 232 Å². The lowest BCUT2D eigenvalue weighted by Crippen LogP contribution is -2.34.